The van der Waals surface area contributed by atoms with Crippen molar-refractivity contribution in [2.45, 2.75) is 12.5 Å². The molecule has 0 saturated carbocycles. The van der Waals surface area contributed by atoms with Crippen LogP contribution in [0.15, 0.2) is 59.0 Å². The van der Waals surface area contributed by atoms with E-state index in [2.05, 4.69) is 6.07 Å². The molecule has 2 N–H and O–H groups in total. The lowest BCUT2D eigenvalue weighted by Crippen LogP contribution is -2.31. The monoisotopic (exact) mass is 279 g/mol. The van der Waals surface area contributed by atoms with E-state index in [1.165, 1.54) is 5.56 Å². The molecule has 4 rings (SSSR count). The highest BCUT2D eigenvalue weighted by atomic mass is 16.5. The first kappa shape index (κ1) is 12.5. The summed E-state index contributed by atoms with van der Waals surface area (Å²) in [6.07, 6.45) is 0.925. The van der Waals surface area contributed by atoms with Gasteiger partial charge in [-0.3, -0.25) is 0 Å². The lowest BCUT2D eigenvalue weighted by Gasteiger charge is -2.28. The highest BCUT2D eigenvalue weighted by Gasteiger charge is 2.28. The van der Waals surface area contributed by atoms with Gasteiger partial charge in [-0.1, -0.05) is 36.4 Å². The maximum atomic E-state index is 6.42. The Labute approximate surface area is 123 Å². The van der Waals surface area contributed by atoms with Gasteiger partial charge in [0.1, 0.15) is 17.1 Å². The van der Waals surface area contributed by atoms with Crippen molar-refractivity contribution in [2.75, 3.05) is 6.61 Å². The molecule has 0 radical (unpaired) electrons. The van der Waals surface area contributed by atoms with Crippen LogP contribution in [0.4, 0.5) is 0 Å². The summed E-state index contributed by atoms with van der Waals surface area (Å²) in [4.78, 5) is 0. The minimum atomic E-state index is -0.147. The molecule has 2 unspecified atom stereocenters. The number of benzene rings is 2. The summed E-state index contributed by atoms with van der Waals surface area (Å²) in [6, 6.07) is 18.0. The summed E-state index contributed by atoms with van der Waals surface area (Å²) >= 11 is 0. The molecule has 0 bridgehead atoms. The van der Waals surface area contributed by atoms with Gasteiger partial charge in [0.05, 0.1) is 12.6 Å². The number of rotatable bonds is 2. The standard InChI is InChI=1S/C18H17NO2/c19-18(17-10-13-6-2-4-8-16(13)21-17)14-9-12-5-1-3-7-15(12)20-11-14/h1-8,10,14,18H,9,11,19H2. The second-order valence-electron chi connectivity index (χ2n) is 5.60. The zero-order valence-electron chi connectivity index (χ0n) is 11.7. The topological polar surface area (TPSA) is 48.4 Å². The molecule has 0 saturated heterocycles. The normalized spacial score (nSPS) is 19.0. The summed E-state index contributed by atoms with van der Waals surface area (Å²) in [6.45, 7) is 0.634. The highest BCUT2D eigenvalue weighted by Crippen LogP contribution is 2.34. The molecule has 0 spiro atoms. The van der Waals surface area contributed by atoms with Crippen LogP contribution in [0.5, 0.6) is 5.75 Å². The number of nitrogens with two attached hydrogens (primary N) is 1. The molecule has 21 heavy (non-hydrogen) atoms. The number of para-hydroxylation sites is 2. The Balaban J connectivity index is 1.62. The van der Waals surface area contributed by atoms with Gasteiger partial charge in [0.2, 0.25) is 0 Å². The van der Waals surface area contributed by atoms with Gasteiger partial charge in [-0.25, -0.2) is 0 Å². The van der Waals surface area contributed by atoms with Crippen LogP contribution < -0.4 is 10.5 Å². The molecule has 0 aliphatic carbocycles. The molecule has 1 aliphatic heterocycles. The van der Waals surface area contributed by atoms with Crippen molar-refractivity contribution >= 4 is 11.0 Å². The fraction of sp³-hybridized carbons (Fsp3) is 0.222. The van der Waals surface area contributed by atoms with Crippen LogP contribution in [0.1, 0.15) is 17.4 Å². The molecule has 3 nitrogen and oxygen atoms in total. The van der Waals surface area contributed by atoms with Gasteiger partial charge >= 0.3 is 0 Å². The second kappa shape index (κ2) is 4.93. The molecular weight excluding hydrogens is 262 g/mol. The van der Waals surface area contributed by atoms with Crippen molar-refractivity contribution in [2.24, 2.45) is 11.7 Å². The third kappa shape index (κ3) is 2.20. The molecule has 3 heteroatoms. The van der Waals surface area contributed by atoms with Crippen LogP contribution >= 0.6 is 0 Å². The molecule has 106 valence electrons. The summed E-state index contributed by atoms with van der Waals surface area (Å²) in [7, 11) is 0. The van der Waals surface area contributed by atoms with Crippen LogP contribution in [-0.4, -0.2) is 6.61 Å². The minimum Gasteiger partial charge on any atom is -0.493 e. The third-order valence-electron chi connectivity index (χ3n) is 4.19. The molecule has 2 heterocycles. The largest absolute Gasteiger partial charge is 0.493 e. The molecule has 3 aromatic rings. The number of fused-ring (bicyclic) bond motifs is 2. The Morgan fingerprint density at radius 3 is 2.76 bits per heavy atom. The van der Waals surface area contributed by atoms with Crippen molar-refractivity contribution < 1.29 is 9.15 Å². The summed E-state index contributed by atoms with van der Waals surface area (Å²) in [5.74, 6) is 2.05. The van der Waals surface area contributed by atoms with Crippen molar-refractivity contribution in [1.29, 1.82) is 0 Å². The van der Waals surface area contributed by atoms with E-state index in [0.717, 1.165) is 28.9 Å². The Morgan fingerprint density at radius 1 is 1.05 bits per heavy atom. The average molecular weight is 279 g/mol. The lowest BCUT2D eigenvalue weighted by atomic mass is 9.89. The van der Waals surface area contributed by atoms with Gasteiger partial charge in [-0.15, -0.1) is 0 Å². The summed E-state index contributed by atoms with van der Waals surface area (Å²) in [5.41, 5.74) is 8.53. The van der Waals surface area contributed by atoms with Gasteiger partial charge in [0.15, 0.2) is 0 Å². The van der Waals surface area contributed by atoms with Gasteiger partial charge < -0.3 is 14.9 Å². The fourth-order valence-electron chi connectivity index (χ4n) is 2.98. The van der Waals surface area contributed by atoms with Crippen LogP contribution in [0, 0.1) is 5.92 Å². The quantitative estimate of drug-likeness (QED) is 0.778. The fourth-order valence-corrected chi connectivity index (χ4v) is 2.98. The van der Waals surface area contributed by atoms with Crippen LogP contribution in [0.2, 0.25) is 0 Å². The minimum absolute atomic E-state index is 0.147. The SMILES string of the molecule is NC(c1cc2ccccc2o1)C1COc2ccccc2C1. The van der Waals surface area contributed by atoms with Crippen molar-refractivity contribution in [3.8, 4) is 5.75 Å². The summed E-state index contributed by atoms with van der Waals surface area (Å²) < 4.78 is 11.7. The molecule has 1 aliphatic rings. The maximum absolute atomic E-state index is 6.42. The lowest BCUT2D eigenvalue weighted by molar-refractivity contribution is 0.191. The Morgan fingerprint density at radius 2 is 1.86 bits per heavy atom. The predicted molar refractivity (Wildman–Crippen MR) is 82.3 cm³/mol. The Bertz CT molecular complexity index is 744. The summed E-state index contributed by atoms with van der Waals surface area (Å²) in [5, 5.41) is 1.10. The van der Waals surface area contributed by atoms with E-state index < -0.39 is 0 Å². The van der Waals surface area contributed by atoms with Crippen LogP contribution in [0.3, 0.4) is 0 Å². The molecule has 1 aromatic heterocycles. The highest BCUT2D eigenvalue weighted by molar-refractivity contribution is 5.77. The Hall–Kier alpha value is -2.26. The van der Waals surface area contributed by atoms with Gasteiger partial charge in [0.25, 0.3) is 0 Å². The van der Waals surface area contributed by atoms with Crippen molar-refractivity contribution in [1.82, 2.24) is 0 Å². The smallest absolute Gasteiger partial charge is 0.134 e. The first-order chi connectivity index (χ1) is 10.3. The maximum Gasteiger partial charge on any atom is 0.134 e. The van der Waals surface area contributed by atoms with E-state index in [4.69, 9.17) is 14.9 Å². The van der Waals surface area contributed by atoms with Crippen LogP contribution in [-0.2, 0) is 6.42 Å². The van der Waals surface area contributed by atoms with Gasteiger partial charge in [-0.05, 0) is 30.2 Å². The number of ether oxygens (including phenoxy) is 1. The van der Waals surface area contributed by atoms with E-state index >= 15 is 0 Å². The Kier molecular flexibility index (Phi) is 2.93. The molecule has 0 fully saturated rings. The number of furan rings is 1. The zero-order chi connectivity index (χ0) is 14.2. The van der Waals surface area contributed by atoms with Gasteiger partial charge in [-0.2, -0.15) is 0 Å². The molecule has 2 atom stereocenters. The van der Waals surface area contributed by atoms with Crippen molar-refractivity contribution in [3.63, 3.8) is 0 Å². The average Bonchev–Trinajstić information content (AvgIpc) is 2.97. The second-order valence-corrected chi connectivity index (χ2v) is 5.60. The van der Waals surface area contributed by atoms with Crippen molar-refractivity contribution in [3.05, 3.63) is 65.9 Å². The van der Waals surface area contributed by atoms with E-state index in [1.54, 1.807) is 0 Å². The molecular formula is C18H17NO2. The van der Waals surface area contributed by atoms with E-state index in [-0.39, 0.29) is 12.0 Å². The first-order valence-electron chi connectivity index (χ1n) is 7.26. The zero-order valence-corrected chi connectivity index (χ0v) is 11.7. The first-order valence-corrected chi connectivity index (χ1v) is 7.26. The van der Waals surface area contributed by atoms with Gasteiger partial charge in [0, 0.05) is 11.3 Å². The van der Waals surface area contributed by atoms with E-state index in [0.29, 0.717) is 6.61 Å². The van der Waals surface area contributed by atoms with E-state index in [9.17, 15) is 0 Å². The predicted octanol–water partition coefficient (Wildman–Crippen LogP) is 3.68. The number of hydrogen-bond acceptors (Lipinski definition) is 3. The van der Waals surface area contributed by atoms with Crippen LogP contribution in [0.25, 0.3) is 11.0 Å². The third-order valence-corrected chi connectivity index (χ3v) is 4.19. The number of hydrogen-bond donors (Lipinski definition) is 1. The molecule has 2 aromatic carbocycles. The van der Waals surface area contributed by atoms with E-state index in [1.807, 2.05) is 48.5 Å². The molecule has 0 amide bonds.